The summed E-state index contributed by atoms with van der Waals surface area (Å²) >= 11 is 0. The lowest BCUT2D eigenvalue weighted by atomic mass is 10.2. The molecule has 0 aliphatic rings. The minimum absolute atomic E-state index is 0.132. The van der Waals surface area contributed by atoms with Gasteiger partial charge in [0.2, 0.25) is 0 Å². The zero-order valence-corrected chi connectivity index (χ0v) is 14.5. The summed E-state index contributed by atoms with van der Waals surface area (Å²) in [6.45, 7) is 10.6. The third-order valence-electron chi connectivity index (χ3n) is 3.40. The van der Waals surface area contributed by atoms with E-state index in [1.807, 2.05) is 17.9 Å². The quantitative estimate of drug-likeness (QED) is 0.538. The Morgan fingerprint density at radius 2 is 1.67 bits per heavy atom. The first-order valence-electron chi connectivity index (χ1n) is 7.54. The number of hydrogen-bond donors (Lipinski definition) is 0. The molecule has 0 bridgehead atoms. The Hall–Kier alpha value is -2.53. The molecular weight excluding hydrogens is 322 g/mol. The molecule has 0 atom stereocenters. The fourth-order valence-electron chi connectivity index (χ4n) is 2.21. The third-order valence-corrected chi connectivity index (χ3v) is 4.66. The highest BCUT2D eigenvalue weighted by Crippen LogP contribution is 2.24. The number of anilines is 1. The molecule has 0 N–H and O–H groups in total. The fourth-order valence-corrected chi connectivity index (χ4v) is 3.13. The minimum atomic E-state index is -3.86. The normalized spacial score (nSPS) is 10.9. The van der Waals surface area contributed by atoms with Crippen LogP contribution in [-0.4, -0.2) is 21.5 Å². The fraction of sp³-hybridized carbons (Fsp3) is 0.158. The Morgan fingerprint density at radius 3 is 2.25 bits per heavy atom. The monoisotopic (exact) mass is 343 g/mol. The van der Waals surface area contributed by atoms with Crippen molar-refractivity contribution in [3.63, 3.8) is 0 Å². The van der Waals surface area contributed by atoms with E-state index in [-0.39, 0.29) is 10.6 Å². The molecule has 0 aromatic heterocycles. The van der Waals surface area contributed by atoms with Gasteiger partial charge in [-0.3, -0.25) is 0 Å². The van der Waals surface area contributed by atoms with Gasteiger partial charge in [-0.2, -0.15) is 8.42 Å². The van der Waals surface area contributed by atoms with Gasteiger partial charge in [0.25, 0.3) is 0 Å². The van der Waals surface area contributed by atoms with Crippen molar-refractivity contribution in [3.05, 3.63) is 79.4 Å². The van der Waals surface area contributed by atoms with E-state index in [4.69, 9.17) is 4.18 Å². The van der Waals surface area contributed by atoms with Gasteiger partial charge in [-0.05, 0) is 31.2 Å². The van der Waals surface area contributed by atoms with Gasteiger partial charge in [0, 0.05) is 24.8 Å². The summed E-state index contributed by atoms with van der Waals surface area (Å²) < 4.78 is 30.0. The van der Waals surface area contributed by atoms with E-state index in [1.54, 1.807) is 42.5 Å². The van der Waals surface area contributed by atoms with Gasteiger partial charge < -0.3 is 9.08 Å². The van der Waals surface area contributed by atoms with Gasteiger partial charge in [0.05, 0.1) is 0 Å². The van der Waals surface area contributed by atoms with Crippen LogP contribution in [0.5, 0.6) is 5.75 Å². The van der Waals surface area contributed by atoms with Crippen molar-refractivity contribution < 1.29 is 12.6 Å². The van der Waals surface area contributed by atoms with Gasteiger partial charge >= 0.3 is 10.1 Å². The molecule has 0 saturated carbocycles. The largest absolute Gasteiger partial charge is 0.379 e. The number of aryl methyl sites for hydroxylation is 1. The summed E-state index contributed by atoms with van der Waals surface area (Å²) in [6, 6.07) is 13.5. The zero-order chi connectivity index (χ0) is 17.6. The highest BCUT2D eigenvalue weighted by atomic mass is 32.2. The van der Waals surface area contributed by atoms with Crippen LogP contribution in [0, 0.1) is 6.92 Å². The van der Waals surface area contributed by atoms with E-state index >= 15 is 0 Å². The molecule has 2 rings (SSSR count). The molecule has 0 spiro atoms. The van der Waals surface area contributed by atoms with Gasteiger partial charge in [-0.15, -0.1) is 13.2 Å². The summed E-state index contributed by atoms with van der Waals surface area (Å²) in [7, 11) is -3.86. The second-order valence-electron chi connectivity index (χ2n) is 5.33. The molecule has 0 fully saturated rings. The molecule has 24 heavy (non-hydrogen) atoms. The molecule has 0 saturated heterocycles. The van der Waals surface area contributed by atoms with Crippen molar-refractivity contribution in [2.24, 2.45) is 0 Å². The predicted octanol–water partition coefficient (Wildman–Crippen LogP) is 3.94. The summed E-state index contributed by atoms with van der Waals surface area (Å²) in [5, 5.41) is 0. The van der Waals surface area contributed by atoms with E-state index in [0.29, 0.717) is 13.1 Å². The summed E-state index contributed by atoms with van der Waals surface area (Å²) in [5.41, 5.74) is 1.83. The van der Waals surface area contributed by atoms with Crippen LogP contribution in [-0.2, 0) is 10.1 Å². The molecule has 2 aromatic rings. The molecule has 4 nitrogen and oxygen atoms in total. The van der Waals surface area contributed by atoms with Crippen LogP contribution in [0.15, 0.2) is 78.7 Å². The Bertz CT molecular complexity index is 801. The van der Waals surface area contributed by atoms with Crippen molar-refractivity contribution in [1.29, 1.82) is 0 Å². The smallest absolute Gasteiger partial charge is 0.339 e. The van der Waals surface area contributed by atoms with Gasteiger partial charge in [0.1, 0.15) is 10.6 Å². The zero-order valence-electron chi connectivity index (χ0n) is 13.7. The van der Waals surface area contributed by atoms with E-state index in [9.17, 15) is 8.42 Å². The first-order valence-corrected chi connectivity index (χ1v) is 8.95. The lowest BCUT2D eigenvalue weighted by molar-refractivity contribution is 0.486. The van der Waals surface area contributed by atoms with Crippen LogP contribution in [0.1, 0.15) is 5.56 Å². The number of rotatable bonds is 8. The van der Waals surface area contributed by atoms with Crippen LogP contribution in [0.2, 0.25) is 0 Å². The number of benzene rings is 2. The highest BCUT2D eigenvalue weighted by molar-refractivity contribution is 7.87. The molecule has 5 heteroatoms. The molecular formula is C19H21NO3S. The average molecular weight is 343 g/mol. The molecule has 0 amide bonds. The van der Waals surface area contributed by atoms with Gasteiger partial charge in [-0.1, -0.05) is 35.9 Å². The lowest BCUT2D eigenvalue weighted by Gasteiger charge is -2.22. The van der Waals surface area contributed by atoms with Crippen LogP contribution < -0.4 is 9.08 Å². The predicted molar refractivity (Wildman–Crippen MR) is 98.0 cm³/mol. The molecule has 0 aliphatic carbocycles. The minimum Gasteiger partial charge on any atom is -0.379 e. The average Bonchev–Trinajstić information content (AvgIpc) is 2.55. The number of hydrogen-bond acceptors (Lipinski definition) is 4. The molecule has 2 aromatic carbocycles. The van der Waals surface area contributed by atoms with Crippen molar-refractivity contribution in [2.75, 3.05) is 18.0 Å². The van der Waals surface area contributed by atoms with E-state index in [1.165, 1.54) is 12.1 Å². The third kappa shape index (κ3) is 4.49. The SMILES string of the molecule is C=CCN(CC=C)c1cccc(OS(=O)(=O)c2ccc(C)cc2)c1. The summed E-state index contributed by atoms with van der Waals surface area (Å²) in [4.78, 5) is 2.14. The van der Waals surface area contributed by atoms with Crippen molar-refractivity contribution in [1.82, 2.24) is 0 Å². The standard InChI is InChI=1S/C19H21NO3S/c1-4-13-20(14-5-2)17-7-6-8-18(15-17)23-24(21,22)19-11-9-16(3)10-12-19/h4-12,15H,1-2,13-14H2,3H3. The molecule has 0 aliphatic heterocycles. The van der Waals surface area contributed by atoms with E-state index < -0.39 is 10.1 Å². The Labute approximate surface area is 143 Å². The van der Waals surface area contributed by atoms with Crippen LogP contribution in [0.3, 0.4) is 0 Å². The van der Waals surface area contributed by atoms with Gasteiger partial charge in [0.15, 0.2) is 0 Å². The highest BCUT2D eigenvalue weighted by Gasteiger charge is 2.17. The molecule has 0 heterocycles. The Balaban J connectivity index is 2.26. The van der Waals surface area contributed by atoms with Crippen molar-refractivity contribution in [2.45, 2.75) is 11.8 Å². The van der Waals surface area contributed by atoms with Crippen LogP contribution in [0.4, 0.5) is 5.69 Å². The van der Waals surface area contributed by atoms with Crippen molar-refractivity contribution >= 4 is 15.8 Å². The Kier molecular flexibility index (Phi) is 5.82. The van der Waals surface area contributed by atoms with E-state index in [2.05, 4.69) is 13.2 Å². The summed E-state index contributed by atoms with van der Waals surface area (Å²) in [5.74, 6) is 0.270. The first-order chi connectivity index (χ1) is 11.5. The van der Waals surface area contributed by atoms with Crippen molar-refractivity contribution in [3.8, 4) is 5.75 Å². The Morgan fingerprint density at radius 1 is 1.04 bits per heavy atom. The number of nitrogens with zero attached hydrogens (tertiary/aromatic N) is 1. The molecule has 0 radical (unpaired) electrons. The maximum Gasteiger partial charge on any atom is 0.339 e. The first kappa shape index (κ1) is 17.8. The van der Waals surface area contributed by atoms with E-state index in [0.717, 1.165) is 11.3 Å². The maximum absolute atomic E-state index is 12.4. The van der Waals surface area contributed by atoms with Crippen LogP contribution >= 0.6 is 0 Å². The van der Waals surface area contributed by atoms with Gasteiger partial charge in [-0.25, -0.2) is 0 Å². The molecule has 126 valence electrons. The molecule has 0 unspecified atom stereocenters. The second-order valence-corrected chi connectivity index (χ2v) is 6.88. The second kappa shape index (κ2) is 7.84. The maximum atomic E-state index is 12.4. The topological polar surface area (TPSA) is 46.6 Å². The lowest BCUT2D eigenvalue weighted by Crippen LogP contribution is -2.23. The van der Waals surface area contributed by atoms with Crippen LogP contribution in [0.25, 0.3) is 0 Å². The summed E-state index contributed by atoms with van der Waals surface area (Å²) in [6.07, 6.45) is 3.56.